The van der Waals surface area contributed by atoms with Crippen LogP contribution in [-0.2, 0) is 13.0 Å². The lowest BCUT2D eigenvalue weighted by Crippen LogP contribution is -2.37. The average molecular weight is 555 g/mol. The first-order valence-electron chi connectivity index (χ1n) is 10.7. The highest BCUT2D eigenvalue weighted by Gasteiger charge is 2.10. The van der Waals surface area contributed by atoms with Gasteiger partial charge in [0.15, 0.2) is 11.7 Å². The molecule has 3 rings (SSSR count). The van der Waals surface area contributed by atoms with Crippen LogP contribution in [0.25, 0.3) is 10.9 Å². The van der Waals surface area contributed by atoms with Gasteiger partial charge in [-0.15, -0.1) is 24.0 Å². The predicted octanol–water partition coefficient (Wildman–Crippen LogP) is 4.60. The molecular formula is C23H34IN5O3. The highest BCUT2D eigenvalue weighted by molar-refractivity contribution is 14.0. The lowest BCUT2D eigenvalue weighted by molar-refractivity contribution is 0.376. The average Bonchev–Trinajstić information content (AvgIpc) is 3.41. The fourth-order valence-electron chi connectivity index (χ4n) is 3.32. The number of aryl methyl sites for hydroxylation is 1. The Morgan fingerprint density at radius 2 is 1.97 bits per heavy atom. The number of benzene rings is 1. The Morgan fingerprint density at radius 3 is 2.62 bits per heavy atom. The number of nitrogens with zero attached hydrogens (tertiary/aromatic N) is 2. The number of fused-ring (bicyclic) bond motifs is 1. The zero-order valence-corrected chi connectivity index (χ0v) is 21.8. The van der Waals surface area contributed by atoms with Crippen LogP contribution in [0.15, 0.2) is 33.8 Å². The summed E-state index contributed by atoms with van der Waals surface area (Å²) in [5, 5.41) is 11.8. The molecule has 0 atom stereocenters. The van der Waals surface area contributed by atoms with Gasteiger partial charge in [-0.1, -0.05) is 19.0 Å². The Labute approximate surface area is 206 Å². The third-order valence-corrected chi connectivity index (χ3v) is 5.01. The van der Waals surface area contributed by atoms with E-state index in [2.05, 4.69) is 52.6 Å². The van der Waals surface area contributed by atoms with Gasteiger partial charge in [0, 0.05) is 42.4 Å². The Bertz CT molecular complexity index is 1010. The van der Waals surface area contributed by atoms with Gasteiger partial charge in [-0.05, 0) is 31.7 Å². The fourth-order valence-corrected chi connectivity index (χ4v) is 3.32. The lowest BCUT2D eigenvalue weighted by atomic mass is 10.1. The van der Waals surface area contributed by atoms with E-state index in [4.69, 9.17) is 14.0 Å². The molecule has 3 aromatic rings. The van der Waals surface area contributed by atoms with E-state index >= 15 is 0 Å². The summed E-state index contributed by atoms with van der Waals surface area (Å²) >= 11 is 0. The smallest absolute Gasteiger partial charge is 0.191 e. The largest absolute Gasteiger partial charge is 0.497 e. The molecule has 3 N–H and O–H groups in total. The summed E-state index contributed by atoms with van der Waals surface area (Å²) in [5.74, 6) is 3.47. The highest BCUT2D eigenvalue weighted by Crippen LogP contribution is 2.31. The molecule has 0 aliphatic carbocycles. The minimum absolute atomic E-state index is 0. The van der Waals surface area contributed by atoms with Crippen LogP contribution < -0.4 is 20.1 Å². The molecule has 9 heteroatoms. The maximum Gasteiger partial charge on any atom is 0.191 e. The molecule has 2 aromatic heterocycles. The van der Waals surface area contributed by atoms with E-state index in [0.29, 0.717) is 12.5 Å². The highest BCUT2D eigenvalue weighted by atomic mass is 127. The summed E-state index contributed by atoms with van der Waals surface area (Å²) < 4.78 is 16.2. The number of aromatic nitrogens is 2. The van der Waals surface area contributed by atoms with Gasteiger partial charge in [0.2, 0.25) is 0 Å². The SMILES string of the molecule is CCNC(=NCc1cc(C(C)C)no1)NCCCc1cc2c(OC)cc(OC)cc2[nH]1.I. The summed E-state index contributed by atoms with van der Waals surface area (Å²) in [6.45, 7) is 8.29. The summed E-state index contributed by atoms with van der Waals surface area (Å²) in [5.41, 5.74) is 3.13. The van der Waals surface area contributed by atoms with E-state index in [1.165, 1.54) is 0 Å². The third-order valence-electron chi connectivity index (χ3n) is 5.01. The van der Waals surface area contributed by atoms with Crippen molar-refractivity contribution >= 4 is 40.8 Å². The normalized spacial score (nSPS) is 11.5. The van der Waals surface area contributed by atoms with Crippen molar-refractivity contribution in [3.05, 3.63) is 41.4 Å². The van der Waals surface area contributed by atoms with Gasteiger partial charge in [0.1, 0.15) is 18.0 Å². The van der Waals surface area contributed by atoms with Crippen molar-refractivity contribution in [1.82, 2.24) is 20.8 Å². The molecular weight excluding hydrogens is 521 g/mol. The van der Waals surface area contributed by atoms with Crippen molar-refractivity contribution in [2.24, 2.45) is 4.99 Å². The summed E-state index contributed by atoms with van der Waals surface area (Å²) in [7, 11) is 3.33. The van der Waals surface area contributed by atoms with Crippen molar-refractivity contribution in [3.8, 4) is 11.5 Å². The molecule has 0 radical (unpaired) electrons. The number of hydrogen-bond donors (Lipinski definition) is 3. The van der Waals surface area contributed by atoms with Gasteiger partial charge in [-0.25, -0.2) is 4.99 Å². The molecule has 0 saturated heterocycles. The van der Waals surface area contributed by atoms with Gasteiger partial charge >= 0.3 is 0 Å². The van der Waals surface area contributed by atoms with Crippen molar-refractivity contribution in [1.29, 1.82) is 0 Å². The van der Waals surface area contributed by atoms with E-state index in [-0.39, 0.29) is 24.0 Å². The Balaban J connectivity index is 0.00000363. The monoisotopic (exact) mass is 555 g/mol. The van der Waals surface area contributed by atoms with Gasteiger partial charge in [-0.3, -0.25) is 0 Å². The quantitative estimate of drug-likeness (QED) is 0.147. The van der Waals surface area contributed by atoms with Crippen molar-refractivity contribution in [3.63, 3.8) is 0 Å². The number of nitrogens with one attached hydrogen (secondary N) is 3. The summed E-state index contributed by atoms with van der Waals surface area (Å²) in [6, 6.07) is 8.00. The lowest BCUT2D eigenvalue weighted by Gasteiger charge is -2.10. The van der Waals surface area contributed by atoms with Crippen molar-refractivity contribution in [2.45, 2.75) is 46.1 Å². The Morgan fingerprint density at radius 1 is 1.16 bits per heavy atom. The molecule has 0 spiro atoms. The van der Waals surface area contributed by atoms with Gasteiger partial charge in [0.25, 0.3) is 0 Å². The van der Waals surface area contributed by atoms with Crippen LogP contribution in [-0.4, -0.2) is 43.4 Å². The van der Waals surface area contributed by atoms with Crippen LogP contribution in [0.4, 0.5) is 0 Å². The molecule has 0 amide bonds. The Kier molecular flexibility index (Phi) is 10.1. The minimum Gasteiger partial charge on any atom is -0.497 e. The van der Waals surface area contributed by atoms with E-state index in [1.54, 1.807) is 14.2 Å². The first kappa shape index (κ1) is 25.8. The van der Waals surface area contributed by atoms with Crippen molar-refractivity contribution in [2.75, 3.05) is 27.3 Å². The van der Waals surface area contributed by atoms with Gasteiger partial charge in [0.05, 0.1) is 25.4 Å². The van der Waals surface area contributed by atoms with E-state index in [1.807, 2.05) is 18.2 Å². The second-order valence-corrected chi connectivity index (χ2v) is 7.68. The number of ether oxygens (including phenoxy) is 2. The van der Waals surface area contributed by atoms with Gasteiger partial charge < -0.3 is 29.6 Å². The molecule has 2 heterocycles. The third kappa shape index (κ3) is 6.78. The van der Waals surface area contributed by atoms with Crippen LogP contribution in [0.2, 0.25) is 0 Å². The second kappa shape index (κ2) is 12.6. The number of aromatic amines is 1. The zero-order valence-electron chi connectivity index (χ0n) is 19.4. The number of H-pyrrole nitrogens is 1. The number of halogens is 1. The molecule has 0 fully saturated rings. The molecule has 1 aromatic carbocycles. The topological polar surface area (TPSA) is 96.7 Å². The Hall–Kier alpha value is -2.43. The first-order chi connectivity index (χ1) is 15.0. The molecule has 176 valence electrons. The molecule has 0 aliphatic rings. The molecule has 0 unspecified atom stereocenters. The number of aliphatic imine (C=N–C) groups is 1. The van der Waals surface area contributed by atoms with Crippen LogP contribution in [0, 0.1) is 0 Å². The maximum absolute atomic E-state index is 5.50. The summed E-state index contributed by atoms with van der Waals surface area (Å²) in [6.07, 6.45) is 1.86. The second-order valence-electron chi connectivity index (χ2n) is 7.68. The first-order valence-corrected chi connectivity index (χ1v) is 10.7. The van der Waals surface area contributed by atoms with E-state index in [0.717, 1.165) is 71.4 Å². The van der Waals surface area contributed by atoms with Crippen molar-refractivity contribution < 1.29 is 14.0 Å². The maximum atomic E-state index is 5.50. The fraction of sp³-hybridized carbons (Fsp3) is 0.478. The van der Waals surface area contributed by atoms with Gasteiger partial charge in [-0.2, -0.15) is 0 Å². The zero-order chi connectivity index (χ0) is 22.2. The van der Waals surface area contributed by atoms with E-state index in [9.17, 15) is 0 Å². The molecule has 0 bridgehead atoms. The number of hydrogen-bond acceptors (Lipinski definition) is 5. The standard InChI is InChI=1S/C23H33N5O3.HI/c1-6-24-23(26-14-18-12-20(15(2)3)28-31-18)25-9-7-8-16-10-19-21(27-16)11-17(29-4)13-22(19)30-5;/h10-13,15,27H,6-9,14H2,1-5H3,(H2,24,25,26);1H. The predicted molar refractivity (Wildman–Crippen MR) is 139 cm³/mol. The van der Waals surface area contributed by atoms with Crippen LogP contribution in [0.1, 0.15) is 50.3 Å². The molecule has 8 nitrogen and oxygen atoms in total. The van der Waals surface area contributed by atoms with Crippen LogP contribution in [0.5, 0.6) is 11.5 Å². The number of methoxy groups -OCH3 is 2. The molecule has 32 heavy (non-hydrogen) atoms. The van der Waals surface area contributed by atoms with Crippen LogP contribution in [0.3, 0.4) is 0 Å². The molecule has 0 aliphatic heterocycles. The number of rotatable bonds is 10. The van der Waals surface area contributed by atoms with E-state index < -0.39 is 0 Å². The number of guanidine groups is 1. The van der Waals surface area contributed by atoms with Crippen LogP contribution >= 0.6 is 24.0 Å². The summed E-state index contributed by atoms with van der Waals surface area (Å²) in [4.78, 5) is 8.06. The molecule has 0 saturated carbocycles. The minimum atomic E-state index is 0.